The van der Waals surface area contributed by atoms with Crippen molar-refractivity contribution in [3.05, 3.63) is 60.2 Å². The molecule has 3 rings (SSSR count). The van der Waals surface area contributed by atoms with Gasteiger partial charge in [0.15, 0.2) is 0 Å². The van der Waals surface area contributed by atoms with Crippen LogP contribution in [0.4, 0.5) is 0 Å². The van der Waals surface area contributed by atoms with E-state index in [1.165, 1.54) is 23.5 Å². The van der Waals surface area contributed by atoms with Crippen LogP contribution in [0.2, 0.25) is 0 Å². The van der Waals surface area contributed by atoms with Gasteiger partial charge >= 0.3 is 0 Å². The Labute approximate surface area is 250 Å². The molecule has 11 heteroatoms. The first-order valence-corrected chi connectivity index (χ1v) is 16.1. The predicted molar refractivity (Wildman–Crippen MR) is 162 cm³/mol. The fourth-order valence-corrected chi connectivity index (χ4v) is 6.92. The maximum Gasteiger partial charge on any atom is 0.245 e. The molecule has 0 spiro atoms. The summed E-state index contributed by atoms with van der Waals surface area (Å²) < 4.78 is 34.3. The smallest absolute Gasteiger partial charge is 0.245 e. The largest absolute Gasteiger partial charge is 0.497 e. The van der Waals surface area contributed by atoms with E-state index in [0.29, 0.717) is 12.3 Å². The van der Waals surface area contributed by atoms with Crippen LogP contribution in [0.15, 0.2) is 59.5 Å². The summed E-state index contributed by atoms with van der Waals surface area (Å²) in [5.41, 5.74) is -1.04. The Morgan fingerprint density at radius 2 is 1.79 bits per heavy atom. The van der Waals surface area contributed by atoms with Gasteiger partial charge < -0.3 is 25.8 Å². The molecule has 3 unspecified atom stereocenters. The number of methoxy groups -OCH3 is 1. The number of nitrogens with one attached hydrogen (secondary N) is 3. The van der Waals surface area contributed by atoms with Crippen LogP contribution in [0.1, 0.15) is 52.0 Å². The molecular formula is C31H46N4O6S. The molecule has 2 amide bonds. The zero-order chi connectivity index (χ0) is 30.8. The van der Waals surface area contributed by atoms with E-state index in [1.807, 2.05) is 51.1 Å². The van der Waals surface area contributed by atoms with Gasteiger partial charge in [-0.3, -0.25) is 9.59 Å². The molecule has 0 bridgehead atoms. The zero-order valence-electron chi connectivity index (χ0n) is 25.1. The van der Waals surface area contributed by atoms with E-state index in [-0.39, 0.29) is 66.9 Å². The zero-order valence-corrected chi connectivity index (χ0v) is 26.0. The Morgan fingerprint density at radius 3 is 2.38 bits per heavy atom. The molecular weight excluding hydrogens is 556 g/mol. The summed E-state index contributed by atoms with van der Waals surface area (Å²) in [6.07, 6.45) is 2.00. The quantitative estimate of drug-likeness (QED) is 0.217. The Hall–Kier alpha value is -2.99. The number of sulfonamides is 1. The molecule has 0 radical (unpaired) electrons. The van der Waals surface area contributed by atoms with Crippen LogP contribution in [0.25, 0.3) is 0 Å². The first-order valence-electron chi connectivity index (χ1n) is 14.7. The highest BCUT2D eigenvalue weighted by atomic mass is 32.2. The van der Waals surface area contributed by atoms with Crippen molar-refractivity contribution >= 4 is 21.8 Å². The third-order valence-electron chi connectivity index (χ3n) is 7.36. The third-order valence-corrected chi connectivity index (χ3v) is 9.29. The van der Waals surface area contributed by atoms with Gasteiger partial charge in [0.1, 0.15) is 11.5 Å². The number of benzene rings is 2. The van der Waals surface area contributed by atoms with Crippen molar-refractivity contribution in [1.82, 2.24) is 20.3 Å². The van der Waals surface area contributed by atoms with Crippen LogP contribution in [-0.2, 0) is 26.0 Å². The summed E-state index contributed by atoms with van der Waals surface area (Å²) in [5, 5.41) is 21.0. The SMILES string of the molecule is COc1ccc(S(=O)(=O)N(CC(C)C)C(O)(CCNC(=O)CC(C)CNC(=O)C2CCCN2)Cc2ccccc2)cc1. The van der Waals surface area contributed by atoms with Crippen LogP contribution in [0, 0.1) is 11.8 Å². The number of nitrogens with zero attached hydrogens (tertiary/aromatic N) is 1. The maximum atomic E-state index is 14.0. The molecule has 2 aromatic carbocycles. The molecule has 1 aliphatic rings. The number of ether oxygens (including phenoxy) is 1. The van der Waals surface area contributed by atoms with Crippen molar-refractivity contribution in [2.75, 3.05) is 33.3 Å². The molecule has 2 aromatic rings. The Bertz CT molecular complexity index is 1250. The molecule has 0 aliphatic carbocycles. The highest BCUT2D eigenvalue weighted by molar-refractivity contribution is 7.89. The number of hydrogen-bond acceptors (Lipinski definition) is 7. The normalized spacial score (nSPS) is 17.5. The van der Waals surface area contributed by atoms with Crippen molar-refractivity contribution in [2.45, 2.75) is 69.5 Å². The van der Waals surface area contributed by atoms with Crippen LogP contribution in [-0.4, -0.2) is 74.7 Å². The van der Waals surface area contributed by atoms with Gasteiger partial charge in [0.25, 0.3) is 0 Å². The predicted octanol–water partition coefficient (Wildman–Crippen LogP) is 2.67. The second-order valence-corrected chi connectivity index (χ2v) is 13.4. The molecule has 1 saturated heterocycles. The van der Waals surface area contributed by atoms with E-state index in [4.69, 9.17) is 4.74 Å². The lowest BCUT2D eigenvalue weighted by Gasteiger charge is -2.40. The molecule has 0 aromatic heterocycles. The van der Waals surface area contributed by atoms with Gasteiger partial charge in [0, 0.05) is 38.9 Å². The Kier molecular flexibility index (Phi) is 12.3. The van der Waals surface area contributed by atoms with Crippen LogP contribution in [0.5, 0.6) is 5.75 Å². The molecule has 232 valence electrons. The first kappa shape index (κ1) is 33.5. The lowest BCUT2D eigenvalue weighted by molar-refractivity contribution is -0.125. The minimum Gasteiger partial charge on any atom is -0.497 e. The summed E-state index contributed by atoms with van der Waals surface area (Å²) in [6.45, 7) is 7.04. The third kappa shape index (κ3) is 9.52. The molecule has 1 fully saturated rings. The monoisotopic (exact) mass is 602 g/mol. The van der Waals surface area contributed by atoms with Gasteiger partial charge in [0.05, 0.1) is 18.0 Å². The molecule has 3 atom stereocenters. The van der Waals surface area contributed by atoms with E-state index in [0.717, 1.165) is 24.9 Å². The lowest BCUT2D eigenvalue weighted by Crippen LogP contribution is -2.55. The molecule has 10 nitrogen and oxygen atoms in total. The van der Waals surface area contributed by atoms with Crippen molar-refractivity contribution in [2.24, 2.45) is 11.8 Å². The van der Waals surface area contributed by atoms with Gasteiger partial charge in [-0.1, -0.05) is 51.1 Å². The molecule has 42 heavy (non-hydrogen) atoms. The highest BCUT2D eigenvalue weighted by Crippen LogP contribution is 2.31. The summed E-state index contributed by atoms with van der Waals surface area (Å²) >= 11 is 0. The minimum absolute atomic E-state index is 0.0196. The van der Waals surface area contributed by atoms with Gasteiger partial charge in [0.2, 0.25) is 21.8 Å². The van der Waals surface area contributed by atoms with E-state index >= 15 is 0 Å². The lowest BCUT2D eigenvalue weighted by atomic mass is 9.98. The van der Waals surface area contributed by atoms with Gasteiger partial charge in [-0.05, 0) is 61.1 Å². The van der Waals surface area contributed by atoms with Crippen molar-refractivity contribution < 1.29 is 27.9 Å². The summed E-state index contributed by atoms with van der Waals surface area (Å²) in [5.74, 6) is 0.0766. The topological polar surface area (TPSA) is 137 Å². The van der Waals surface area contributed by atoms with Gasteiger partial charge in [-0.25, -0.2) is 8.42 Å². The fraction of sp³-hybridized carbons (Fsp3) is 0.548. The Balaban J connectivity index is 1.72. The standard InChI is InChI=1S/C31H46N4O6S/c1-23(2)22-35(42(39,40)27-14-12-26(41-4)13-15-27)31(38,20-25-9-6-5-7-10-25)16-18-33-29(36)19-24(3)21-34-30(37)28-11-8-17-32-28/h5-7,9-10,12-15,23-24,28,32,38H,8,11,16-22H2,1-4H3,(H,33,36)(H,34,37). The van der Waals surface area contributed by atoms with E-state index in [9.17, 15) is 23.1 Å². The van der Waals surface area contributed by atoms with Gasteiger partial charge in [-0.15, -0.1) is 0 Å². The fourth-order valence-electron chi connectivity index (χ4n) is 5.09. The Morgan fingerprint density at radius 1 is 1.10 bits per heavy atom. The average Bonchev–Trinajstić information content (AvgIpc) is 3.50. The van der Waals surface area contributed by atoms with Crippen LogP contribution in [0.3, 0.4) is 0 Å². The van der Waals surface area contributed by atoms with E-state index in [1.54, 1.807) is 12.1 Å². The number of aliphatic hydroxyl groups is 1. The van der Waals surface area contributed by atoms with E-state index in [2.05, 4.69) is 16.0 Å². The number of rotatable bonds is 16. The van der Waals surface area contributed by atoms with Crippen LogP contribution < -0.4 is 20.7 Å². The maximum absolute atomic E-state index is 14.0. The number of amides is 2. The number of carbonyl (C=O) groups excluding carboxylic acids is 2. The van der Waals surface area contributed by atoms with E-state index < -0.39 is 15.7 Å². The van der Waals surface area contributed by atoms with Crippen molar-refractivity contribution in [3.63, 3.8) is 0 Å². The van der Waals surface area contributed by atoms with Crippen molar-refractivity contribution in [1.29, 1.82) is 0 Å². The molecule has 1 heterocycles. The highest BCUT2D eigenvalue weighted by Gasteiger charge is 2.43. The number of carbonyl (C=O) groups is 2. The number of hydrogen-bond donors (Lipinski definition) is 4. The van der Waals surface area contributed by atoms with Gasteiger partial charge in [-0.2, -0.15) is 4.31 Å². The minimum atomic E-state index is -4.12. The summed E-state index contributed by atoms with van der Waals surface area (Å²) in [6, 6.07) is 15.1. The second-order valence-electron chi connectivity index (χ2n) is 11.6. The molecule has 4 N–H and O–H groups in total. The second kappa shape index (κ2) is 15.5. The van der Waals surface area contributed by atoms with Crippen LogP contribution >= 0.6 is 0 Å². The average molecular weight is 603 g/mol. The molecule has 0 saturated carbocycles. The first-order chi connectivity index (χ1) is 19.9. The summed E-state index contributed by atoms with van der Waals surface area (Å²) in [7, 11) is -2.62. The summed E-state index contributed by atoms with van der Waals surface area (Å²) in [4.78, 5) is 25.1. The molecule has 1 aliphatic heterocycles. The van der Waals surface area contributed by atoms with Crippen molar-refractivity contribution in [3.8, 4) is 5.75 Å².